The topological polar surface area (TPSA) is 21.3 Å². The van der Waals surface area contributed by atoms with Crippen molar-refractivity contribution in [2.24, 2.45) is 0 Å². The van der Waals surface area contributed by atoms with Crippen LogP contribution in [0.15, 0.2) is 12.1 Å². The molecule has 1 aliphatic rings. The van der Waals surface area contributed by atoms with Crippen molar-refractivity contribution in [3.63, 3.8) is 0 Å². The molecule has 0 bridgehead atoms. The molecule has 1 fully saturated rings. The third-order valence-corrected chi connectivity index (χ3v) is 3.00. The molecule has 1 aromatic rings. The van der Waals surface area contributed by atoms with Crippen molar-refractivity contribution in [2.75, 3.05) is 20.2 Å². The largest absolute Gasteiger partial charge is 0.497 e. The van der Waals surface area contributed by atoms with Crippen molar-refractivity contribution < 1.29 is 13.5 Å². The lowest BCUT2D eigenvalue weighted by atomic mass is 9.91. The van der Waals surface area contributed by atoms with Gasteiger partial charge < -0.3 is 10.1 Å². The Balaban J connectivity index is 2.33. The van der Waals surface area contributed by atoms with Gasteiger partial charge in [-0.3, -0.25) is 0 Å². The zero-order valence-electron chi connectivity index (χ0n) is 9.22. The summed E-state index contributed by atoms with van der Waals surface area (Å²) in [6.07, 6.45) is 1.87. The molecule has 1 unspecified atom stereocenters. The molecule has 1 saturated heterocycles. The molecule has 1 atom stereocenters. The fourth-order valence-electron chi connectivity index (χ4n) is 2.12. The summed E-state index contributed by atoms with van der Waals surface area (Å²) in [5, 5.41) is 3.19. The predicted octanol–water partition coefficient (Wildman–Crippen LogP) is 2.44. The molecule has 88 valence electrons. The maximum absolute atomic E-state index is 13.6. The van der Waals surface area contributed by atoms with E-state index in [9.17, 15) is 8.78 Å². The van der Waals surface area contributed by atoms with E-state index in [0.29, 0.717) is 17.9 Å². The number of halogens is 2. The van der Waals surface area contributed by atoms with Gasteiger partial charge in [0.25, 0.3) is 0 Å². The van der Waals surface area contributed by atoms with E-state index in [1.54, 1.807) is 6.07 Å². The van der Waals surface area contributed by atoms with Crippen molar-refractivity contribution in [3.05, 3.63) is 29.3 Å². The first-order chi connectivity index (χ1) is 7.72. The standard InChI is InChI=1S/C12H15F2NO/c1-16-9-5-10(12(14)11(13)6-9)8-3-2-4-15-7-8/h5-6,8,15H,2-4,7H2,1H3. The molecule has 16 heavy (non-hydrogen) atoms. The van der Waals surface area contributed by atoms with Gasteiger partial charge in [-0.15, -0.1) is 0 Å². The first-order valence-corrected chi connectivity index (χ1v) is 5.46. The van der Waals surface area contributed by atoms with Crippen molar-refractivity contribution in [1.82, 2.24) is 5.32 Å². The van der Waals surface area contributed by atoms with E-state index in [4.69, 9.17) is 4.74 Å². The molecule has 0 amide bonds. The van der Waals surface area contributed by atoms with Crippen LogP contribution in [0.25, 0.3) is 0 Å². The molecule has 0 aromatic heterocycles. The average Bonchev–Trinajstić information content (AvgIpc) is 2.33. The van der Waals surface area contributed by atoms with Crippen LogP contribution in [0.3, 0.4) is 0 Å². The minimum atomic E-state index is -0.833. The second-order valence-electron chi connectivity index (χ2n) is 4.06. The van der Waals surface area contributed by atoms with E-state index in [0.717, 1.165) is 25.5 Å². The molecule has 2 rings (SSSR count). The monoisotopic (exact) mass is 227 g/mol. The summed E-state index contributed by atoms with van der Waals surface area (Å²) in [5.74, 6) is -1.16. The molecule has 0 aliphatic carbocycles. The number of benzene rings is 1. The van der Waals surface area contributed by atoms with Gasteiger partial charge in [-0.25, -0.2) is 8.78 Å². The highest BCUT2D eigenvalue weighted by molar-refractivity contribution is 5.33. The number of piperidine rings is 1. The molecule has 1 heterocycles. The van der Waals surface area contributed by atoms with E-state index in [1.807, 2.05) is 0 Å². The number of ether oxygens (including phenoxy) is 1. The SMILES string of the molecule is COc1cc(F)c(F)c(C2CCCNC2)c1. The van der Waals surface area contributed by atoms with Crippen LogP contribution in [0.2, 0.25) is 0 Å². The van der Waals surface area contributed by atoms with Crippen LogP contribution in [0.4, 0.5) is 8.78 Å². The Kier molecular flexibility index (Phi) is 3.39. The van der Waals surface area contributed by atoms with Gasteiger partial charge in [0.05, 0.1) is 7.11 Å². The van der Waals surface area contributed by atoms with Crippen LogP contribution in [-0.4, -0.2) is 20.2 Å². The Morgan fingerprint density at radius 3 is 2.81 bits per heavy atom. The van der Waals surface area contributed by atoms with Gasteiger partial charge >= 0.3 is 0 Å². The summed E-state index contributed by atoms with van der Waals surface area (Å²) in [6, 6.07) is 2.67. The lowest BCUT2D eigenvalue weighted by molar-refractivity contribution is 0.395. The van der Waals surface area contributed by atoms with E-state index in [1.165, 1.54) is 7.11 Å². The van der Waals surface area contributed by atoms with Gasteiger partial charge in [0.2, 0.25) is 0 Å². The van der Waals surface area contributed by atoms with Crippen LogP contribution in [-0.2, 0) is 0 Å². The lowest BCUT2D eigenvalue weighted by Crippen LogP contribution is -2.29. The summed E-state index contributed by atoms with van der Waals surface area (Å²) in [7, 11) is 1.45. The summed E-state index contributed by atoms with van der Waals surface area (Å²) in [4.78, 5) is 0. The number of hydrogen-bond acceptors (Lipinski definition) is 2. The highest BCUT2D eigenvalue weighted by atomic mass is 19.2. The quantitative estimate of drug-likeness (QED) is 0.837. The first-order valence-electron chi connectivity index (χ1n) is 5.46. The lowest BCUT2D eigenvalue weighted by Gasteiger charge is -2.23. The smallest absolute Gasteiger partial charge is 0.162 e. The summed E-state index contributed by atoms with van der Waals surface area (Å²) in [6.45, 7) is 1.65. The maximum atomic E-state index is 13.6. The molecule has 0 spiro atoms. The Morgan fingerprint density at radius 2 is 2.19 bits per heavy atom. The van der Waals surface area contributed by atoms with Crippen molar-refractivity contribution in [1.29, 1.82) is 0 Å². The Hall–Kier alpha value is -1.16. The second-order valence-corrected chi connectivity index (χ2v) is 4.06. The van der Waals surface area contributed by atoms with Crippen LogP contribution in [0.1, 0.15) is 24.3 Å². The van der Waals surface area contributed by atoms with Crippen LogP contribution in [0.5, 0.6) is 5.75 Å². The second kappa shape index (κ2) is 4.78. The molecule has 4 heteroatoms. The van der Waals surface area contributed by atoms with E-state index >= 15 is 0 Å². The molecule has 1 N–H and O–H groups in total. The Labute approximate surface area is 93.6 Å². The van der Waals surface area contributed by atoms with Gasteiger partial charge in [0.15, 0.2) is 11.6 Å². The Bertz CT molecular complexity index is 376. The molecule has 0 radical (unpaired) electrons. The highest BCUT2D eigenvalue weighted by Gasteiger charge is 2.21. The fourth-order valence-corrected chi connectivity index (χ4v) is 2.12. The molecule has 1 aromatic carbocycles. The van der Waals surface area contributed by atoms with Gasteiger partial charge in [-0.05, 0) is 36.9 Å². The number of methoxy groups -OCH3 is 1. The van der Waals surface area contributed by atoms with Crippen LogP contribution in [0, 0.1) is 11.6 Å². The molecule has 0 saturated carbocycles. The predicted molar refractivity (Wildman–Crippen MR) is 57.8 cm³/mol. The molecule has 1 aliphatic heterocycles. The van der Waals surface area contributed by atoms with Crippen molar-refractivity contribution >= 4 is 0 Å². The zero-order chi connectivity index (χ0) is 11.5. The van der Waals surface area contributed by atoms with Crippen molar-refractivity contribution in [3.8, 4) is 5.75 Å². The van der Waals surface area contributed by atoms with Gasteiger partial charge in [0.1, 0.15) is 5.75 Å². The van der Waals surface area contributed by atoms with Crippen LogP contribution >= 0.6 is 0 Å². The highest BCUT2D eigenvalue weighted by Crippen LogP contribution is 2.30. The zero-order valence-corrected chi connectivity index (χ0v) is 9.22. The van der Waals surface area contributed by atoms with Gasteiger partial charge in [-0.2, -0.15) is 0 Å². The number of nitrogens with one attached hydrogen (secondary N) is 1. The van der Waals surface area contributed by atoms with E-state index in [-0.39, 0.29) is 5.92 Å². The maximum Gasteiger partial charge on any atom is 0.162 e. The molecular formula is C12H15F2NO. The average molecular weight is 227 g/mol. The normalized spacial score (nSPS) is 20.8. The Morgan fingerprint density at radius 1 is 1.38 bits per heavy atom. The number of hydrogen-bond donors (Lipinski definition) is 1. The summed E-state index contributed by atoms with van der Waals surface area (Å²) >= 11 is 0. The number of rotatable bonds is 2. The van der Waals surface area contributed by atoms with Crippen LogP contribution < -0.4 is 10.1 Å². The minimum absolute atomic E-state index is 0.0401. The van der Waals surface area contributed by atoms with Gasteiger partial charge in [0, 0.05) is 12.6 Å². The minimum Gasteiger partial charge on any atom is -0.497 e. The third kappa shape index (κ3) is 2.16. The first kappa shape index (κ1) is 11.3. The van der Waals surface area contributed by atoms with Gasteiger partial charge in [-0.1, -0.05) is 0 Å². The van der Waals surface area contributed by atoms with E-state index in [2.05, 4.69) is 5.32 Å². The third-order valence-electron chi connectivity index (χ3n) is 3.00. The fraction of sp³-hybridized carbons (Fsp3) is 0.500. The summed E-state index contributed by atoms with van der Waals surface area (Å²) < 4.78 is 31.9. The molecule has 2 nitrogen and oxygen atoms in total. The summed E-state index contributed by atoms with van der Waals surface area (Å²) in [5.41, 5.74) is 0.420. The van der Waals surface area contributed by atoms with E-state index < -0.39 is 11.6 Å². The van der Waals surface area contributed by atoms with Crippen molar-refractivity contribution in [2.45, 2.75) is 18.8 Å². The molecular weight excluding hydrogens is 212 g/mol.